The summed E-state index contributed by atoms with van der Waals surface area (Å²) < 4.78 is 0. The van der Waals surface area contributed by atoms with E-state index in [1.54, 1.807) is 19.2 Å². The van der Waals surface area contributed by atoms with E-state index in [2.05, 4.69) is 20.3 Å². The standard InChI is InChI=1S/C13H12N4O3/c1-8-14-5-4-10(17-8)7-16-12(18)11-3-2-9(6-15-11)13(19)20/h2-6H,7H2,1H3,(H,16,18)(H,19,20). The van der Waals surface area contributed by atoms with Crippen LogP contribution in [0.5, 0.6) is 0 Å². The molecule has 2 N–H and O–H groups in total. The average Bonchev–Trinajstić information content (AvgIpc) is 2.45. The first-order valence-electron chi connectivity index (χ1n) is 5.82. The third-order valence-electron chi connectivity index (χ3n) is 2.51. The van der Waals surface area contributed by atoms with Gasteiger partial charge in [-0.05, 0) is 25.1 Å². The SMILES string of the molecule is Cc1nccc(CNC(=O)c2ccc(C(=O)O)cn2)n1. The molecule has 7 nitrogen and oxygen atoms in total. The van der Waals surface area contributed by atoms with Crippen molar-refractivity contribution in [3.05, 3.63) is 53.4 Å². The van der Waals surface area contributed by atoms with Crippen molar-refractivity contribution in [2.75, 3.05) is 0 Å². The van der Waals surface area contributed by atoms with E-state index < -0.39 is 11.9 Å². The Labute approximate surface area is 114 Å². The van der Waals surface area contributed by atoms with Crippen LogP contribution in [0.3, 0.4) is 0 Å². The summed E-state index contributed by atoms with van der Waals surface area (Å²) in [6.07, 6.45) is 2.76. The van der Waals surface area contributed by atoms with Gasteiger partial charge in [-0.1, -0.05) is 0 Å². The zero-order chi connectivity index (χ0) is 14.5. The number of carbonyl (C=O) groups is 2. The number of aromatic carboxylic acids is 1. The van der Waals surface area contributed by atoms with Gasteiger partial charge in [-0.3, -0.25) is 9.78 Å². The number of aromatic nitrogens is 3. The second-order valence-corrected chi connectivity index (χ2v) is 4.02. The van der Waals surface area contributed by atoms with Gasteiger partial charge in [-0.15, -0.1) is 0 Å². The van der Waals surface area contributed by atoms with Gasteiger partial charge in [-0.25, -0.2) is 14.8 Å². The Hall–Kier alpha value is -2.83. The van der Waals surface area contributed by atoms with Gasteiger partial charge in [0.05, 0.1) is 17.8 Å². The van der Waals surface area contributed by atoms with Crippen molar-refractivity contribution in [2.45, 2.75) is 13.5 Å². The molecule has 1 amide bonds. The van der Waals surface area contributed by atoms with Gasteiger partial charge in [-0.2, -0.15) is 0 Å². The van der Waals surface area contributed by atoms with Crippen molar-refractivity contribution in [1.29, 1.82) is 0 Å². The van der Waals surface area contributed by atoms with Crippen LogP contribution in [0.4, 0.5) is 0 Å². The number of amides is 1. The highest BCUT2D eigenvalue weighted by Gasteiger charge is 2.09. The number of rotatable bonds is 4. The Morgan fingerprint density at radius 3 is 2.65 bits per heavy atom. The van der Waals surface area contributed by atoms with Crippen LogP contribution >= 0.6 is 0 Å². The van der Waals surface area contributed by atoms with E-state index in [1.165, 1.54) is 12.1 Å². The molecule has 2 rings (SSSR count). The van der Waals surface area contributed by atoms with Crippen molar-refractivity contribution in [3.63, 3.8) is 0 Å². The molecule has 0 atom stereocenters. The summed E-state index contributed by atoms with van der Waals surface area (Å²) in [6, 6.07) is 4.40. The van der Waals surface area contributed by atoms with Crippen molar-refractivity contribution >= 4 is 11.9 Å². The molecule has 0 unspecified atom stereocenters. The van der Waals surface area contributed by atoms with Crippen molar-refractivity contribution in [1.82, 2.24) is 20.3 Å². The Bertz CT molecular complexity index is 640. The lowest BCUT2D eigenvalue weighted by Gasteiger charge is -2.04. The first-order chi connectivity index (χ1) is 9.56. The molecule has 2 aromatic heterocycles. The number of hydrogen-bond acceptors (Lipinski definition) is 5. The molecule has 0 saturated heterocycles. The van der Waals surface area contributed by atoms with Crippen LogP contribution in [-0.2, 0) is 6.54 Å². The van der Waals surface area contributed by atoms with E-state index in [0.29, 0.717) is 11.5 Å². The summed E-state index contributed by atoms with van der Waals surface area (Å²) in [7, 11) is 0. The first-order valence-corrected chi connectivity index (χ1v) is 5.82. The molecular formula is C13H12N4O3. The minimum atomic E-state index is -1.08. The van der Waals surface area contributed by atoms with Gasteiger partial charge in [0.2, 0.25) is 0 Å². The molecule has 7 heteroatoms. The molecule has 0 aliphatic heterocycles. The minimum absolute atomic E-state index is 0.0352. The van der Waals surface area contributed by atoms with Crippen LogP contribution in [-0.4, -0.2) is 31.9 Å². The maximum Gasteiger partial charge on any atom is 0.337 e. The molecule has 20 heavy (non-hydrogen) atoms. The molecule has 0 radical (unpaired) electrons. The Balaban J connectivity index is 1.99. The normalized spacial score (nSPS) is 10.1. The van der Waals surface area contributed by atoms with Gasteiger partial charge in [0.1, 0.15) is 11.5 Å². The molecular weight excluding hydrogens is 260 g/mol. The molecule has 2 heterocycles. The highest BCUT2D eigenvalue weighted by Crippen LogP contribution is 2.01. The summed E-state index contributed by atoms with van der Waals surface area (Å²) in [5, 5.41) is 11.4. The fourth-order valence-corrected chi connectivity index (χ4v) is 1.52. The lowest BCUT2D eigenvalue weighted by Crippen LogP contribution is -2.24. The molecule has 2 aromatic rings. The Morgan fingerprint density at radius 1 is 1.25 bits per heavy atom. The van der Waals surface area contributed by atoms with E-state index in [0.717, 1.165) is 6.20 Å². The maximum atomic E-state index is 11.8. The number of nitrogens with zero attached hydrogens (tertiary/aromatic N) is 3. The van der Waals surface area contributed by atoms with E-state index in [-0.39, 0.29) is 17.8 Å². The van der Waals surface area contributed by atoms with Crippen molar-refractivity contribution < 1.29 is 14.7 Å². The van der Waals surface area contributed by atoms with E-state index in [4.69, 9.17) is 5.11 Å². The van der Waals surface area contributed by atoms with Crippen LogP contribution in [0, 0.1) is 6.92 Å². The molecule has 0 fully saturated rings. The molecule has 0 aliphatic carbocycles. The van der Waals surface area contributed by atoms with Crippen molar-refractivity contribution in [2.24, 2.45) is 0 Å². The van der Waals surface area contributed by atoms with Gasteiger partial charge in [0.15, 0.2) is 0 Å². The summed E-state index contributed by atoms with van der Waals surface area (Å²) in [5.74, 6) is -0.847. The monoisotopic (exact) mass is 272 g/mol. The third kappa shape index (κ3) is 3.35. The van der Waals surface area contributed by atoms with E-state index >= 15 is 0 Å². The van der Waals surface area contributed by atoms with Gasteiger partial charge in [0.25, 0.3) is 5.91 Å². The van der Waals surface area contributed by atoms with Crippen LogP contribution in [0.1, 0.15) is 32.4 Å². The number of aryl methyl sites for hydroxylation is 1. The first kappa shape index (κ1) is 13.6. The average molecular weight is 272 g/mol. The number of carboxylic acid groups (broad SMARTS) is 1. The molecule has 0 saturated carbocycles. The molecule has 0 aliphatic rings. The Morgan fingerprint density at radius 2 is 2.05 bits per heavy atom. The summed E-state index contributed by atoms with van der Waals surface area (Å²) in [5.41, 5.74) is 0.877. The zero-order valence-corrected chi connectivity index (χ0v) is 10.7. The summed E-state index contributed by atoms with van der Waals surface area (Å²) in [4.78, 5) is 34.4. The number of carbonyl (C=O) groups excluding carboxylic acids is 1. The van der Waals surface area contributed by atoms with Gasteiger partial charge >= 0.3 is 5.97 Å². The van der Waals surface area contributed by atoms with Crippen LogP contribution in [0.25, 0.3) is 0 Å². The predicted molar refractivity (Wildman–Crippen MR) is 69.1 cm³/mol. The molecule has 0 bridgehead atoms. The highest BCUT2D eigenvalue weighted by molar-refractivity contribution is 5.93. The second kappa shape index (κ2) is 5.87. The lowest BCUT2D eigenvalue weighted by atomic mass is 10.2. The number of nitrogens with one attached hydrogen (secondary N) is 1. The van der Waals surface area contributed by atoms with Gasteiger partial charge in [0, 0.05) is 12.4 Å². The van der Waals surface area contributed by atoms with Crippen molar-refractivity contribution in [3.8, 4) is 0 Å². The Kier molecular flexibility index (Phi) is 3.99. The predicted octanol–water partition coefficient (Wildman–Crippen LogP) is 0.808. The molecule has 102 valence electrons. The summed E-state index contributed by atoms with van der Waals surface area (Å²) >= 11 is 0. The number of pyridine rings is 1. The number of carboxylic acids is 1. The lowest BCUT2D eigenvalue weighted by molar-refractivity contribution is 0.0695. The van der Waals surface area contributed by atoms with Crippen LogP contribution in [0.15, 0.2) is 30.6 Å². The quantitative estimate of drug-likeness (QED) is 0.853. The zero-order valence-electron chi connectivity index (χ0n) is 10.7. The van der Waals surface area contributed by atoms with Crippen LogP contribution in [0.2, 0.25) is 0 Å². The fourth-order valence-electron chi connectivity index (χ4n) is 1.52. The smallest absolute Gasteiger partial charge is 0.337 e. The molecule has 0 spiro atoms. The summed E-state index contributed by atoms with van der Waals surface area (Å²) in [6.45, 7) is 2.02. The van der Waals surface area contributed by atoms with Gasteiger partial charge < -0.3 is 10.4 Å². The van der Waals surface area contributed by atoms with E-state index in [1.807, 2.05) is 0 Å². The third-order valence-corrected chi connectivity index (χ3v) is 2.51. The molecule has 0 aromatic carbocycles. The second-order valence-electron chi connectivity index (χ2n) is 4.02. The van der Waals surface area contributed by atoms with E-state index in [9.17, 15) is 9.59 Å². The maximum absolute atomic E-state index is 11.8. The largest absolute Gasteiger partial charge is 0.478 e. The number of hydrogen-bond donors (Lipinski definition) is 2. The van der Waals surface area contributed by atoms with Crippen LogP contribution < -0.4 is 5.32 Å². The highest BCUT2D eigenvalue weighted by atomic mass is 16.4. The fraction of sp³-hybridized carbons (Fsp3) is 0.154. The minimum Gasteiger partial charge on any atom is -0.478 e. The topological polar surface area (TPSA) is 105 Å².